The van der Waals surface area contributed by atoms with Crippen LogP contribution in [0, 0.1) is 0 Å². The van der Waals surface area contributed by atoms with Crippen molar-refractivity contribution in [1.29, 1.82) is 0 Å². The maximum Gasteiger partial charge on any atom is 0.444 e. The van der Waals surface area contributed by atoms with Gasteiger partial charge < -0.3 is 4.74 Å². The number of halogens is 6. The number of carbonyl (C=O) groups excluding carboxylic acids is 1. The number of carbonyl (C=O) groups is 1. The lowest BCUT2D eigenvalue weighted by Crippen LogP contribution is -2.20. The average Bonchev–Trinajstić information content (AvgIpc) is 3.05. The first kappa shape index (κ1) is 21.1. The normalized spacial score (nSPS) is 12.1. The number of hydrogen-bond acceptors (Lipinski definition) is 6. The minimum absolute atomic E-state index is 0.397. The minimum Gasteiger partial charge on any atom is -0.440 e. The Balaban J connectivity index is 1.84. The number of pyridine rings is 1. The smallest absolute Gasteiger partial charge is 0.440 e. The van der Waals surface area contributed by atoms with Gasteiger partial charge in [-0.3, -0.25) is 9.51 Å². The van der Waals surface area contributed by atoms with Gasteiger partial charge >= 0.3 is 24.1 Å². The highest BCUT2D eigenvalue weighted by atomic mass is 19.4. The van der Waals surface area contributed by atoms with Crippen LogP contribution in [0.3, 0.4) is 0 Å². The van der Waals surface area contributed by atoms with E-state index >= 15 is 0 Å². The quantitative estimate of drug-likeness (QED) is 0.460. The Bertz CT molecular complexity index is 1130. The Morgan fingerprint density at radius 3 is 2.37 bits per heavy atom. The van der Waals surface area contributed by atoms with Crippen LogP contribution in [0.4, 0.5) is 26.3 Å². The van der Waals surface area contributed by atoms with E-state index < -0.39 is 59.0 Å². The maximum atomic E-state index is 12.9. The molecule has 2 heterocycles. The lowest BCUT2D eigenvalue weighted by atomic mass is 10.1. The summed E-state index contributed by atoms with van der Waals surface area (Å²) in [4.78, 5) is 27.5. The number of hydrogen-bond donors (Lipinski definition) is 0. The van der Waals surface area contributed by atoms with Crippen molar-refractivity contribution in [2.45, 2.75) is 19.1 Å². The van der Waals surface area contributed by atoms with Crippen molar-refractivity contribution in [3.05, 3.63) is 69.8 Å². The molecule has 1 aromatic carbocycles. The summed E-state index contributed by atoms with van der Waals surface area (Å²) in [6.07, 6.45) is -8.55. The molecule has 0 saturated heterocycles. The Kier molecular flexibility index (Phi) is 5.37. The van der Waals surface area contributed by atoms with Crippen molar-refractivity contribution >= 4 is 5.97 Å². The standard InChI is InChI=1S/C17H9F6N3O4/c18-16(19,20)10-3-1-2-9(6-10)14(27)29-8-26-13(25-30-15(26)28)12-7-11(4-5-24-12)17(21,22)23/h1-7H,8H2. The molecule has 0 bridgehead atoms. The number of ether oxygens (including phenoxy) is 1. The van der Waals surface area contributed by atoms with Gasteiger partial charge in [0.2, 0.25) is 5.82 Å². The van der Waals surface area contributed by atoms with E-state index in [1.165, 1.54) is 0 Å². The zero-order valence-corrected chi connectivity index (χ0v) is 14.5. The molecular weight excluding hydrogens is 424 g/mol. The van der Waals surface area contributed by atoms with E-state index in [0.717, 1.165) is 24.4 Å². The number of benzene rings is 1. The van der Waals surface area contributed by atoms with E-state index in [-0.39, 0.29) is 0 Å². The van der Waals surface area contributed by atoms with Gasteiger partial charge in [-0.15, -0.1) is 0 Å². The average molecular weight is 433 g/mol. The number of esters is 1. The van der Waals surface area contributed by atoms with E-state index in [0.29, 0.717) is 22.8 Å². The van der Waals surface area contributed by atoms with E-state index in [9.17, 15) is 35.9 Å². The van der Waals surface area contributed by atoms with Crippen molar-refractivity contribution in [2.24, 2.45) is 0 Å². The summed E-state index contributed by atoms with van der Waals surface area (Å²) < 4.78 is 86.5. The van der Waals surface area contributed by atoms with E-state index in [4.69, 9.17) is 4.74 Å². The van der Waals surface area contributed by atoms with Crippen LogP contribution in [-0.4, -0.2) is 20.7 Å². The number of nitrogens with zero attached hydrogens (tertiary/aromatic N) is 3. The molecule has 158 valence electrons. The highest BCUT2D eigenvalue weighted by Crippen LogP contribution is 2.31. The summed E-state index contributed by atoms with van der Waals surface area (Å²) in [5, 5.41) is 3.31. The third kappa shape index (κ3) is 4.50. The van der Waals surface area contributed by atoms with Gasteiger partial charge in [0.15, 0.2) is 6.73 Å². The van der Waals surface area contributed by atoms with Crippen LogP contribution in [-0.2, 0) is 23.8 Å². The fourth-order valence-corrected chi connectivity index (χ4v) is 2.32. The molecule has 0 unspecified atom stereocenters. The second-order valence-corrected chi connectivity index (χ2v) is 5.77. The van der Waals surface area contributed by atoms with E-state index in [2.05, 4.69) is 14.7 Å². The van der Waals surface area contributed by atoms with Gasteiger partial charge in [-0.2, -0.15) is 26.3 Å². The van der Waals surface area contributed by atoms with Crippen molar-refractivity contribution in [3.8, 4) is 11.5 Å². The highest BCUT2D eigenvalue weighted by Gasteiger charge is 2.32. The third-order valence-electron chi connectivity index (χ3n) is 3.75. The van der Waals surface area contributed by atoms with Crippen LogP contribution in [0.15, 0.2) is 51.9 Å². The predicted molar refractivity (Wildman–Crippen MR) is 85.9 cm³/mol. The van der Waals surface area contributed by atoms with Gasteiger partial charge in [-0.25, -0.2) is 14.2 Å². The minimum atomic E-state index is -4.69. The Hall–Kier alpha value is -3.64. The highest BCUT2D eigenvalue weighted by molar-refractivity contribution is 5.89. The molecule has 3 aromatic rings. The summed E-state index contributed by atoms with van der Waals surface area (Å²) in [7, 11) is 0. The first-order valence-electron chi connectivity index (χ1n) is 7.91. The largest absolute Gasteiger partial charge is 0.444 e. The van der Waals surface area contributed by atoms with Crippen LogP contribution in [0.1, 0.15) is 21.5 Å². The molecule has 0 radical (unpaired) electrons. The van der Waals surface area contributed by atoms with Crippen LogP contribution in [0.5, 0.6) is 0 Å². The molecule has 0 aliphatic rings. The van der Waals surface area contributed by atoms with E-state index in [1.54, 1.807) is 0 Å². The second kappa shape index (κ2) is 7.65. The summed E-state index contributed by atoms with van der Waals surface area (Å²) in [6.45, 7) is -0.884. The maximum absolute atomic E-state index is 12.9. The van der Waals surface area contributed by atoms with E-state index in [1.807, 2.05) is 0 Å². The van der Waals surface area contributed by atoms with Gasteiger partial charge in [0, 0.05) is 6.20 Å². The second-order valence-electron chi connectivity index (χ2n) is 5.77. The fourth-order valence-electron chi connectivity index (χ4n) is 2.32. The molecule has 3 rings (SSSR count). The van der Waals surface area contributed by atoms with Crippen LogP contribution < -0.4 is 5.76 Å². The van der Waals surface area contributed by atoms with Crippen LogP contribution >= 0.6 is 0 Å². The van der Waals surface area contributed by atoms with Gasteiger partial charge in [0.25, 0.3) is 0 Å². The monoisotopic (exact) mass is 433 g/mol. The van der Waals surface area contributed by atoms with Crippen LogP contribution in [0.2, 0.25) is 0 Å². The zero-order valence-electron chi connectivity index (χ0n) is 14.5. The topological polar surface area (TPSA) is 87.2 Å². The number of alkyl halides is 6. The Morgan fingerprint density at radius 1 is 1.03 bits per heavy atom. The number of rotatable bonds is 4. The van der Waals surface area contributed by atoms with Crippen molar-refractivity contribution < 1.29 is 40.4 Å². The lowest BCUT2D eigenvalue weighted by Gasteiger charge is -2.10. The lowest BCUT2D eigenvalue weighted by molar-refractivity contribution is -0.138. The summed E-state index contributed by atoms with van der Waals surface area (Å²) in [5.41, 5.74) is -3.01. The molecule has 30 heavy (non-hydrogen) atoms. The molecule has 0 N–H and O–H groups in total. The molecule has 0 atom stereocenters. The number of aromatic nitrogens is 3. The van der Waals surface area contributed by atoms with Crippen LogP contribution in [0.25, 0.3) is 11.5 Å². The Labute approximate surface area is 162 Å². The van der Waals surface area contributed by atoms with Gasteiger partial charge in [0.05, 0.1) is 16.7 Å². The predicted octanol–water partition coefficient (Wildman–Crippen LogP) is 3.75. The van der Waals surface area contributed by atoms with Crippen molar-refractivity contribution in [2.75, 3.05) is 0 Å². The molecule has 0 amide bonds. The van der Waals surface area contributed by atoms with Gasteiger partial charge in [0.1, 0.15) is 5.69 Å². The summed E-state index contributed by atoms with van der Waals surface area (Å²) in [6, 6.07) is 4.64. The third-order valence-corrected chi connectivity index (χ3v) is 3.75. The van der Waals surface area contributed by atoms with Gasteiger partial charge in [-0.1, -0.05) is 11.2 Å². The fraction of sp³-hybridized carbons (Fsp3) is 0.176. The van der Waals surface area contributed by atoms with Crippen molar-refractivity contribution in [3.63, 3.8) is 0 Å². The molecular formula is C17H9F6N3O4. The summed E-state index contributed by atoms with van der Waals surface area (Å²) >= 11 is 0. The van der Waals surface area contributed by atoms with Gasteiger partial charge in [-0.05, 0) is 30.3 Å². The molecule has 0 saturated carbocycles. The Morgan fingerprint density at radius 2 is 1.70 bits per heavy atom. The molecule has 0 aliphatic carbocycles. The molecule has 0 fully saturated rings. The summed E-state index contributed by atoms with van der Waals surface area (Å²) in [5.74, 6) is -2.86. The molecule has 7 nitrogen and oxygen atoms in total. The zero-order chi connectivity index (χ0) is 22.1. The molecule has 13 heteroatoms. The molecule has 0 spiro atoms. The first-order chi connectivity index (χ1) is 14.0. The van der Waals surface area contributed by atoms with Crippen molar-refractivity contribution in [1.82, 2.24) is 14.7 Å². The SMILES string of the molecule is O=C(OCn1c(-c2cc(C(F)(F)F)ccn2)noc1=O)c1cccc(C(F)(F)F)c1. The first-order valence-corrected chi connectivity index (χ1v) is 7.91. The molecule has 0 aliphatic heterocycles. The molecule has 2 aromatic heterocycles.